The van der Waals surface area contributed by atoms with Gasteiger partial charge < -0.3 is 15.5 Å². The highest BCUT2D eigenvalue weighted by molar-refractivity contribution is 5.88. The topological polar surface area (TPSA) is 86.6 Å². The highest BCUT2D eigenvalue weighted by atomic mass is 16.4. The number of hydrogen-bond acceptors (Lipinski definition) is 3. The maximum absolute atomic E-state index is 12.3. The lowest BCUT2D eigenvalue weighted by atomic mass is 9.92. The lowest BCUT2D eigenvalue weighted by Crippen LogP contribution is -2.48. The van der Waals surface area contributed by atoms with Crippen molar-refractivity contribution in [3.8, 4) is 0 Å². The molecule has 1 aromatic rings. The number of rotatable bonds is 4. The van der Waals surface area contributed by atoms with Crippen LogP contribution in [-0.4, -0.2) is 34.2 Å². The van der Waals surface area contributed by atoms with E-state index in [4.69, 9.17) is 5.11 Å². The standard InChI is InChI=1S/C16H19NO4/c1-8(18)14(16(20)21)17-15(19)13-11-7-6-9-4-2-3-5-10(9)12(11)13/h2-5,8,11-14,18H,6-7H2,1H3,(H,17,19)(H,20,21)/t8-,11?,12?,13?,14+/m1/s1. The van der Waals surface area contributed by atoms with Crippen molar-refractivity contribution in [2.45, 2.75) is 37.8 Å². The van der Waals surface area contributed by atoms with Crippen molar-refractivity contribution in [1.82, 2.24) is 5.32 Å². The van der Waals surface area contributed by atoms with Crippen LogP contribution in [0.1, 0.15) is 30.4 Å². The molecule has 0 bridgehead atoms. The molecule has 1 fully saturated rings. The van der Waals surface area contributed by atoms with Gasteiger partial charge in [-0.05, 0) is 42.7 Å². The Morgan fingerprint density at radius 3 is 2.71 bits per heavy atom. The fourth-order valence-corrected chi connectivity index (χ4v) is 3.56. The summed E-state index contributed by atoms with van der Waals surface area (Å²) in [4.78, 5) is 23.4. The molecule has 5 nitrogen and oxygen atoms in total. The molecule has 3 unspecified atom stereocenters. The van der Waals surface area contributed by atoms with Crippen LogP contribution in [0.25, 0.3) is 0 Å². The van der Waals surface area contributed by atoms with Gasteiger partial charge in [-0.1, -0.05) is 24.3 Å². The van der Waals surface area contributed by atoms with Crippen LogP contribution in [-0.2, 0) is 16.0 Å². The maximum atomic E-state index is 12.3. The van der Waals surface area contributed by atoms with Crippen molar-refractivity contribution in [2.24, 2.45) is 11.8 Å². The molecule has 3 N–H and O–H groups in total. The van der Waals surface area contributed by atoms with Crippen molar-refractivity contribution in [3.63, 3.8) is 0 Å². The molecule has 1 aromatic carbocycles. The molecule has 5 atom stereocenters. The van der Waals surface area contributed by atoms with Crippen LogP contribution in [0.4, 0.5) is 0 Å². The number of amides is 1. The molecule has 2 aliphatic rings. The molecule has 2 aliphatic carbocycles. The van der Waals surface area contributed by atoms with Crippen LogP contribution < -0.4 is 5.32 Å². The molecule has 0 spiro atoms. The Morgan fingerprint density at radius 1 is 1.33 bits per heavy atom. The van der Waals surface area contributed by atoms with Gasteiger partial charge in [0.2, 0.25) is 5.91 Å². The van der Waals surface area contributed by atoms with Crippen LogP contribution in [0.5, 0.6) is 0 Å². The van der Waals surface area contributed by atoms with E-state index in [1.165, 1.54) is 18.1 Å². The molecule has 0 radical (unpaired) electrons. The summed E-state index contributed by atoms with van der Waals surface area (Å²) in [6.07, 6.45) is 0.825. The lowest BCUT2D eigenvalue weighted by Gasteiger charge is -2.17. The van der Waals surface area contributed by atoms with Crippen molar-refractivity contribution >= 4 is 11.9 Å². The van der Waals surface area contributed by atoms with Gasteiger partial charge in [0.05, 0.1) is 6.10 Å². The largest absolute Gasteiger partial charge is 0.480 e. The highest BCUT2D eigenvalue weighted by Gasteiger charge is 2.57. The first-order valence-electron chi connectivity index (χ1n) is 7.29. The number of aliphatic hydroxyl groups excluding tert-OH is 1. The Kier molecular flexibility index (Phi) is 3.45. The predicted molar refractivity (Wildman–Crippen MR) is 75.7 cm³/mol. The quantitative estimate of drug-likeness (QED) is 0.769. The minimum Gasteiger partial charge on any atom is -0.480 e. The van der Waals surface area contributed by atoms with Crippen LogP contribution in [0.15, 0.2) is 24.3 Å². The minimum atomic E-state index is -1.24. The third-order valence-electron chi connectivity index (χ3n) is 4.68. The molecule has 0 heterocycles. The van der Waals surface area contributed by atoms with E-state index in [0.717, 1.165) is 12.8 Å². The van der Waals surface area contributed by atoms with Crippen LogP contribution in [0.2, 0.25) is 0 Å². The predicted octanol–water partition coefficient (Wildman–Crippen LogP) is 0.913. The van der Waals surface area contributed by atoms with Gasteiger partial charge >= 0.3 is 5.97 Å². The molecule has 0 aromatic heterocycles. The van der Waals surface area contributed by atoms with Gasteiger partial charge in [-0.15, -0.1) is 0 Å². The number of hydrogen-bond donors (Lipinski definition) is 3. The van der Waals surface area contributed by atoms with E-state index in [0.29, 0.717) is 5.92 Å². The fourth-order valence-electron chi connectivity index (χ4n) is 3.56. The average molecular weight is 289 g/mol. The first-order chi connectivity index (χ1) is 10.0. The number of aliphatic carboxylic acids is 1. The Balaban J connectivity index is 1.73. The van der Waals surface area contributed by atoms with Crippen LogP contribution >= 0.6 is 0 Å². The number of nitrogens with one attached hydrogen (secondary N) is 1. The number of carboxylic acid groups (broad SMARTS) is 1. The Labute approximate surface area is 123 Å². The van der Waals surface area contributed by atoms with E-state index >= 15 is 0 Å². The van der Waals surface area contributed by atoms with E-state index in [1.54, 1.807) is 0 Å². The highest BCUT2D eigenvalue weighted by Crippen LogP contribution is 2.59. The zero-order chi connectivity index (χ0) is 15.1. The molecular weight excluding hydrogens is 270 g/mol. The third-order valence-corrected chi connectivity index (χ3v) is 4.68. The molecule has 3 rings (SSSR count). The fraction of sp³-hybridized carbons (Fsp3) is 0.500. The third kappa shape index (κ3) is 2.42. The lowest BCUT2D eigenvalue weighted by molar-refractivity contribution is -0.145. The van der Waals surface area contributed by atoms with Gasteiger partial charge in [-0.3, -0.25) is 4.79 Å². The van der Waals surface area contributed by atoms with E-state index < -0.39 is 18.1 Å². The minimum absolute atomic E-state index is 0.158. The van der Waals surface area contributed by atoms with E-state index in [2.05, 4.69) is 17.4 Å². The van der Waals surface area contributed by atoms with Gasteiger partial charge in [0, 0.05) is 5.92 Å². The van der Waals surface area contributed by atoms with Gasteiger partial charge in [-0.25, -0.2) is 4.79 Å². The molecule has 5 heteroatoms. The summed E-state index contributed by atoms with van der Waals surface area (Å²) in [5.41, 5.74) is 2.51. The molecule has 1 saturated carbocycles. The summed E-state index contributed by atoms with van der Waals surface area (Å²) >= 11 is 0. The summed E-state index contributed by atoms with van der Waals surface area (Å²) in [6, 6.07) is 6.89. The first kappa shape index (κ1) is 14.1. The van der Waals surface area contributed by atoms with E-state index in [1.807, 2.05) is 12.1 Å². The normalized spacial score (nSPS) is 28.8. The average Bonchev–Trinajstić information content (AvgIpc) is 3.18. The first-order valence-corrected chi connectivity index (χ1v) is 7.29. The van der Waals surface area contributed by atoms with Crippen LogP contribution in [0.3, 0.4) is 0 Å². The monoisotopic (exact) mass is 289 g/mol. The van der Waals surface area contributed by atoms with Gasteiger partial charge in [0.25, 0.3) is 0 Å². The Morgan fingerprint density at radius 2 is 2.05 bits per heavy atom. The maximum Gasteiger partial charge on any atom is 0.328 e. The smallest absolute Gasteiger partial charge is 0.328 e. The molecule has 0 aliphatic heterocycles. The van der Waals surface area contributed by atoms with Gasteiger partial charge in [-0.2, -0.15) is 0 Å². The summed E-state index contributed by atoms with van der Waals surface area (Å²) < 4.78 is 0. The second kappa shape index (κ2) is 5.15. The number of carbonyl (C=O) groups excluding carboxylic acids is 1. The summed E-state index contributed by atoms with van der Waals surface area (Å²) in [7, 11) is 0. The summed E-state index contributed by atoms with van der Waals surface area (Å²) in [5, 5.41) is 21.0. The molecule has 21 heavy (non-hydrogen) atoms. The summed E-state index contributed by atoms with van der Waals surface area (Å²) in [5.74, 6) is -1.10. The zero-order valence-electron chi connectivity index (χ0n) is 11.8. The van der Waals surface area contributed by atoms with Crippen molar-refractivity contribution in [3.05, 3.63) is 35.4 Å². The number of benzene rings is 1. The van der Waals surface area contributed by atoms with E-state index in [-0.39, 0.29) is 17.7 Å². The number of carboxylic acids is 1. The molecule has 0 saturated heterocycles. The summed E-state index contributed by atoms with van der Waals surface area (Å²) in [6.45, 7) is 1.37. The Hall–Kier alpha value is -1.88. The molecule has 112 valence electrons. The van der Waals surface area contributed by atoms with Crippen molar-refractivity contribution in [2.75, 3.05) is 0 Å². The second-order valence-electron chi connectivity index (χ2n) is 6.02. The zero-order valence-corrected chi connectivity index (χ0v) is 11.8. The number of aliphatic hydroxyl groups is 1. The number of carbonyl (C=O) groups is 2. The number of fused-ring (bicyclic) bond motifs is 3. The molecule has 1 amide bonds. The van der Waals surface area contributed by atoms with Gasteiger partial charge in [0.1, 0.15) is 0 Å². The van der Waals surface area contributed by atoms with E-state index in [9.17, 15) is 14.7 Å². The van der Waals surface area contributed by atoms with Crippen LogP contribution in [0, 0.1) is 11.8 Å². The van der Waals surface area contributed by atoms with Gasteiger partial charge in [0.15, 0.2) is 6.04 Å². The second-order valence-corrected chi connectivity index (χ2v) is 6.02. The number of aryl methyl sites for hydroxylation is 1. The SMILES string of the molecule is C[C@@H](O)[C@H](NC(=O)C1C2CCc3ccccc3C21)C(=O)O. The Bertz CT molecular complexity index is 583. The van der Waals surface area contributed by atoms with Crippen molar-refractivity contribution in [1.29, 1.82) is 0 Å². The van der Waals surface area contributed by atoms with Crippen molar-refractivity contribution < 1.29 is 19.8 Å². The molecular formula is C16H19NO4.